The smallest absolute Gasteiger partial charge is 0.0848 e. The summed E-state index contributed by atoms with van der Waals surface area (Å²) in [5.41, 5.74) is 1.03. The molecule has 1 radical (unpaired) electrons. The molecule has 2 aromatic rings. The van der Waals surface area contributed by atoms with Gasteiger partial charge in [0.15, 0.2) is 0 Å². The zero-order chi connectivity index (χ0) is 10.1. The summed E-state index contributed by atoms with van der Waals surface area (Å²) in [4.78, 5) is 4.65. The molecule has 1 aromatic heterocycles. The standard InChI is InChI=1S/C13H10NS/c1-2-6-12-11(5-1)7-8-13(14-12)15-9-3-4-10-15/h1-6,8-10,15H. The molecule has 0 unspecified atom stereocenters. The molecule has 0 spiro atoms. The minimum Gasteiger partial charge on any atom is -0.243 e. The van der Waals surface area contributed by atoms with Crippen LogP contribution in [0.3, 0.4) is 0 Å². The lowest BCUT2D eigenvalue weighted by atomic mass is 10.2. The number of benzene rings is 1. The highest BCUT2D eigenvalue weighted by Crippen LogP contribution is 2.40. The maximum atomic E-state index is 4.65. The molecular weight excluding hydrogens is 202 g/mol. The second-order valence-corrected chi connectivity index (χ2v) is 5.24. The van der Waals surface area contributed by atoms with Crippen molar-refractivity contribution in [2.75, 3.05) is 0 Å². The first-order valence-corrected chi connectivity index (χ1v) is 6.32. The lowest BCUT2D eigenvalue weighted by molar-refractivity contribution is 1.19. The maximum Gasteiger partial charge on any atom is 0.0848 e. The lowest BCUT2D eigenvalue weighted by Crippen LogP contribution is -1.84. The molecule has 0 saturated carbocycles. The molecule has 0 saturated heterocycles. The van der Waals surface area contributed by atoms with Gasteiger partial charge in [-0.2, -0.15) is 10.9 Å². The van der Waals surface area contributed by atoms with Gasteiger partial charge >= 0.3 is 0 Å². The molecule has 0 N–H and O–H groups in total. The molecular formula is C13H10NS. The Balaban J connectivity index is 2.13. The molecule has 73 valence electrons. The first kappa shape index (κ1) is 8.74. The normalized spacial score (nSPS) is 16.4. The van der Waals surface area contributed by atoms with Crippen LogP contribution in [0.25, 0.3) is 10.9 Å². The van der Waals surface area contributed by atoms with E-state index in [2.05, 4.69) is 34.0 Å². The molecule has 0 atom stereocenters. The average molecular weight is 212 g/mol. The summed E-state index contributed by atoms with van der Waals surface area (Å²) in [7, 11) is -0.317. The fraction of sp³-hybridized carbons (Fsp3) is 0. The largest absolute Gasteiger partial charge is 0.243 e. The van der Waals surface area contributed by atoms with E-state index in [1.807, 2.05) is 30.3 Å². The third-order valence-electron chi connectivity index (χ3n) is 2.36. The molecule has 2 heterocycles. The van der Waals surface area contributed by atoms with E-state index >= 15 is 0 Å². The van der Waals surface area contributed by atoms with Gasteiger partial charge in [0.1, 0.15) is 0 Å². The number of rotatable bonds is 1. The van der Waals surface area contributed by atoms with Gasteiger partial charge in [0, 0.05) is 5.39 Å². The van der Waals surface area contributed by atoms with E-state index in [-0.39, 0.29) is 10.9 Å². The summed E-state index contributed by atoms with van der Waals surface area (Å²) in [6.07, 6.45) is 4.17. The Kier molecular flexibility index (Phi) is 2.07. The van der Waals surface area contributed by atoms with Crippen molar-refractivity contribution in [1.82, 2.24) is 4.98 Å². The van der Waals surface area contributed by atoms with Gasteiger partial charge in [0.05, 0.1) is 10.5 Å². The third kappa shape index (κ3) is 1.57. The molecule has 0 bridgehead atoms. The van der Waals surface area contributed by atoms with Gasteiger partial charge in [-0.05, 0) is 29.0 Å². The average Bonchev–Trinajstić information content (AvgIpc) is 2.82. The number of nitrogens with zero attached hydrogens (tertiary/aromatic N) is 1. The molecule has 1 nitrogen and oxygen atoms in total. The number of hydrogen-bond donors (Lipinski definition) is 1. The minimum atomic E-state index is -0.317. The molecule has 1 aliphatic rings. The summed E-state index contributed by atoms with van der Waals surface area (Å²) in [6, 6.07) is 13.4. The Labute approximate surface area is 91.5 Å². The van der Waals surface area contributed by atoms with Crippen LogP contribution in [0.2, 0.25) is 0 Å². The predicted octanol–water partition coefficient (Wildman–Crippen LogP) is 3.44. The van der Waals surface area contributed by atoms with Crippen molar-refractivity contribution in [2.24, 2.45) is 0 Å². The molecule has 0 fully saturated rings. The molecule has 1 aromatic carbocycles. The number of para-hydroxylation sites is 1. The topological polar surface area (TPSA) is 12.9 Å². The monoisotopic (exact) mass is 212 g/mol. The summed E-state index contributed by atoms with van der Waals surface area (Å²) in [5.74, 6) is 0. The quantitative estimate of drug-likeness (QED) is 0.714. The summed E-state index contributed by atoms with van der Waals surface area (Å²) in [5, 5.41) is 6.64. The zero-order valence-corrected chi connectivity index (χ0v) is 8.99. The fourth-order valence-corrected chi connectivity index (χ4v) is 3.02. The highest BCUT2D eigenvalue weighted by molar-refractivity contribution is 8.22. The summed E-state index contributed by atoms with van der Waals surface area (Å²) < 4.78 is 0. The van der Waals surface area contributed by atoms with Crippen LogP contribution >= 0.6 is 10.9 Å². The Morgan fingerprint density at radius 2 is 1.87 bits per heavy atom. The van der Waals surface area contributed by atoms with Crippen LogP contribution in [0.1, 0.15) is 0 Å². The minimum absolute atomic E-state index is 0.317. The first-order valence-electron chi connectivity index (χ1n) is 4.84. The highest BCUT2D eigenvalue weighted by Gasteiger charge is 2.05. The zero-order valence-electron chi connectivity index (χ0n) is 8.09. The highest BCUT2D eigenvalue weighted by atomic mass is 32.2. The number of allylic oxidation sites excluding steroid dienone is 2. The molecule has 15 heavy (non-hydrogen) atoms. The van der Waals surface area contributed by atoms with Gasteiger partial charge in [-0.3, -0.25) is 0 Å². The van der Waals surface area contributed by atoms with Gasteiger partial charge in [-0.1, -0.05) is 30.4 Å². The van der Waals surface area contributed by atoms with Crippen molar-refractivity contribution in [3.05, 3.63) is 59.4 Å². The summed E-state index contributed by atoms with van der Waals surface area (Å²) >= 11 is 0. The van der Waals surface area contributed by atoms with Crippen molar-refractivity contribution in [3.8, 4) is 0 Å². The van der Waals surface area contributed by atoms with Crippen LogP contribution in [0.4, 0.5) is 0 Å². The van der Waals surface area contributed by atoms with Crippen LogP contribution in [-0.2, 0) is 0 Å². The SMILES string of the molecule is [c]1cc([SH]2C=CC=C2)nc2ccccc12. The first-order chi connectivity index (χ1) is 7.43. The van der Waals surface area contributed by atoms with Crippen LogP contribution in [0.15, 0.2) is 58.3 Å². The number of pyridine rings is 1. The van der Waals surface area contributed by atoms with Crippen LogP contribution in [-0.4, -0.2) is 4.98 Å². The van der Waals surface area contributed by atoms with Gasteiger partial charge in [-0.15, -0.1) is 0 Å². The van der Waals surface area contributed by atoms with Gasteiger partial charge in [-0.25, -0.2) is 4.98 Å². The number of aromatic nitrogens is 1. The van der Waals surface area contributed by atoms with Gasteiger partial charge in [0.2, 0.25) is 0 Å². The molecule has 2 heteroatoms. The van der Waals surface area contributed by atoms with E-state index in [1.165, 1.54) is 0 Å². The van der Waals surface area contributed by atoms with Gasteiger partial charge < -0.3 is 0 Å². The molecule has 3 rings (SSSR count). The van der Waals surface area contributed by atoms with Crippen LogP contribution < -0.4 is 0 Å². The van der Waals surface area contributed by atoms with E-state index in [9.17, 15) is 0 Å². The Morgan fingerprint density at radius 1 is 1.07 bits per heavy atom. The van der Waals surface area contributed by atoms with Crippen molar-refractivity contribution in [2.45, 2.75) is 5.03 Å². The Bertz CT molecular complexity index is 545. The van der Waals surface area contributed by atoms with E-state index in [4.69, 9.17) is 0 Å². The van der Waals surface area contributed by atoms with Crippen molar-refractivity contribution < 1.29 is 0 Å². The molecule has 0 aliphatic carbocycles. The Morgan fingerprint density at radius 3 is 2.73 bits per heavy atom. The second-order valence-electron chi connectivity index (χ2n) is 3.37. The van der Waals surface area contributed by atoms with Crippen molar-refractivity contribution in [1.29, 1.82) is 0 Å². The number of fused-ring (bicyclic) bond motifs is 1. The van der Waals surface area contributed by atoms with Crippen LogP contribution in [0, 0.1) is 6.07 Å². The van der Waals surface area contributed by atoms with Crippen molar-refractivity contribution >= 4 is 21.8 Å². The van der Waals surface area contributed by atoms with E-state index in [0.29, 0.717) is 0 Å². The molecule has 1 aliphatic heterocycles. The molecule has 0 amide bonds. The van der Waals surface area contributed by atoms with Gasteiger partial charge in [0.25, 0.3) is 0 Å². The van der Waals surface area contributed by atoms with E-state index < -0.39 is 0 Å². The Hall–Kier alpha value is -1.54. The predicted molar refractivity (Wildman–Crippen MR) is 66.1 cm³/mol. The van der Waals surface area contributed by atoms with E-state index in [0.717, 1.165) is 15.9 Å². The van der Waals surface area contributed by atoms with Crippen LogP contribution in [0.5, 0.6) is 0 Å². The lowest BCUT2D eigenvalue weighted by Gasteiger charge is -2.09. The third-order valence-corrected chi connectivity index (χ3v) is 4.11. The number of thiol groups is 1. The number of hydrogen-bond acceptors (Lipinski definition) is 1. The van der Waals surface area contributed by atoms with E-state index in [1.54, 1.807) is 0 Å². The van der Waals surface area contributed by atoms with Crippen molar-refractivity contribution in [3.63, 3.8) is 0 Å². The fourth-order valence-electron chi connectivity index (χ4n) is 1.61. The summed E-state index contributed by atoms with van der Waals surface area (Å²) in [6.45, 7) is 0. The second kappa shape index (κ2) is 3.55. The maximum absolute atomic E-state index is 4.65.